The van der Waals surface area contributed by atoms with E-state index in [1.54, 1.807) is 11.9 Å². The lowest BCUT2D eigenvalue weighted by atomic mass is 9.63. The Morgan fingerprint density at radius 2 is 2.22 bits per heavy atom. The van der Waals surface area contributed by atoms with E-state index in [1.165, 1.54) is 0 Å². The Labute approximate surface area is 107 Å². The second-order valence-electron chi connectivity index (χ2n) is 5.69. The van der Waals surface area contributed by atoms with E-state index in [1.807, 2.05) is 0 Å². The Balaban J connectivity index is 1.92. The summed E-state index contributed by atoms with van der Waals surface area (Å²) in [7, 11) is 1.74. The molecule has 5 nitrogen and oxygen atoms in total. The molecule has 1 saturated carbocycles. The van der Waals surface area contributed by atoms with Gasteiger partial charge in [-0.05, 0) is 25.2 Å². The van der Waals surface area contributed by atoms with Crippen molar-refractivity contribution in [3.05, 3.63) is 0 Å². The highest BCUT2D eigenvalue weighted by atomic mass is 16.2. The number of rotatable bonds is 2. The molecule has 0 bridgehead atoms. The number of piperidine rings is 1. The van der Waals surface area contributed by atoms with Crippen molar-refractivity contribution in [3.8, 4) is 6.07 Å². The predicted octanol–water partition coefficient (Wildman–Crippen LogP) is 0.663. The van der Waals surface area contributed by atoms with Crippen molar-refractivity contribution in [1.82, 2.24) is 10.2 Å². The number of nitrogens with one attached hydrogen (secondary N) is 1. The van der Waals surface area contributed by atoms with Gasteiger partial charge in [0.2, 0.25) is 11.8 Å². The van der Waals surface area contributed by atoms with Gasteiger partial charge in [-0.2, -0.15) is 5.26 Å². The summed E-state index contributed by atoms with van der Waals surface area (Å²) in [6.45, 7) is 2.59. The third kappa shape index (κ3) is 2.20. The highest BCUT2D eigenvalue weighted by Gasteiger charge is 2.49. The van der Waals surface area contributed by atoms with E-state index in [-0.39, 0.29) is 17.9 Å². The number of nitriles is 1. The van der Waals surface area contributed by atoms with Crippen molar-refractivity contribution in [3.63, 3.8) is 0 Å². The summed E-state index contributed by atoms with van der Waals surface area (Å²) in [5.74, 6) is 0.412. The molecular weight excluding hydrogens is 230 g/mol. The van der Waals surface area contributed by atoms with Crippen molar-refractivity contribution in [2.24, 2.45) is 11.3 Å². The van der Waals surface area contributed by atoms with Gasteiger partial charge >= 0.3 is 0 Å². The van der Waals surface area contributed by atoms with Gasteiger partial charge < -0.3 is 10.2 Å². The van der Waals surface area contributed by atoms with Crippen LogP contribution in [0.4, 0.5) is 0 Å². The van der Waals surface area contributed by atoms with Gasteiger partial charge in [0.1, 0.15) is 5.41 Å². The maximum absolute atomic E-state index is 12.1. The molecule has 0 spiro atoms. The monoisotopic (exact) mass is 249 g/mol. The summed E-state index contributed by atoms with van der Waals surface area (Å²) in [6, 6.07) is 2.15. The van der Waals surface area contributed by atoms with Crippen molar-refractivity contribution >= 4 is 11.8 Å². The quantitative estimate of drug-likeness (QED) is 0.781. The Hall–Kier alpha value is -1.57. The van der Waals surface area contributed by atoms with Gasteiger partial charge in [-0.3, -0.25) is 9.59 Å². The van der Waals surface area contributed by atoms with Gasteiger partial charge in [0.05, 0.1) is 6.07 Å². The first-order valence-corrected chi connectivity index (χ1v) is 6.43. The van der Waals surface area contributed by atoms with Crippen LogP contribution in [0.25, 0.3) is 0 Å². The summed E-state index contributed by atoms with van der Waals surface area (Å²) in [5, 5.41) is 12.1. The van der Waals surface area contributed by atoms with Crippen LogP contribution in [0.15, 0.2) is 0 Å². The zero-order valence-electron chi connectivity index (χ0n) is 10.9. The maximum atomic E-state index is 12.1. The lowest BCUT2D eigenvalue weighted by Gasteiger charge is -2.41. The topological polar surface area (TPSA) is 73.2 Å². The van der Waals surface area contributed by atoms with Gasteiger partial charge in [0, 0.05) is 26.1 Å². The molecule has 2 aliphatic rings. The van der Waals surface area contributed by atoms with Crippen LogP contribution in [0.3, 0.4) is 0 Å². The number of likely N-dealkylation sites (tertiary alicyclic amines) is 1. The molecule has 1 aliphatic heterocycles. The molecule has 0 aromatic carbocycles. The molecule has 5 heteroatoms. The molecule has 2 rings (SSSR count). The fourth-order valence-electron chi connectivity index (χ4n) is 2.91. The van der Waals surface area contributed by atoms with Crippen LogP contribution < -0.4 is 5.32 Å². The minimum absolute atomic E-state index is 0.0127. The highest BCUT2D eigenvalue weighted by molar-refractivity contribution is 5.87. The molecule has 2 fully saturated rings. The fraction of sp³-hybridized carbons (Fsp3) is 0.769. The van der Waals surface area contributed by atoms with Crippen LogP contribution in [0.5, 0.6) is 0 Å². The van der Waals surface area contributed by atoms with Crippen molar-refractivity contribution < 1.29 is 9.59 Å². The van der Waals surface area contributed by atoms with E-state index < -0.39 is 5.41 Å². The number of hydrogen-bond acceptors (Lipinski definition) is 3. The van der Waals surface area contributed by atoms with Crippen LogP contribution in [-0.2, 0) is 9.59 Å². The molecule has 0 aromatic heterocycles. The van der Waals surface area contributed by atoms with E-state index in [4.69, 9.17) is 0 Å². The molecular formula is C13H19N3O2. The normalized spacial score (nSPS) is 35.6. The maximum Gasteiger partial charge on any atom is 0.240 e. The lowest BCUT2D eigenvalue weighted by molar-refractivity contribution is -0.138. The number of carbonyl (C=O) groups is 2. The van der Waals surface area contributed by atoms with E-state index in [0.29, 0.717) is 38.1 Å². The van der Waals surface area contributed by atoms with E-state index in [9.17, 15) is 14.9 Å². The molecule has 1 aliphatic carbocycles. The van der Waals surface area contributed by atoms with E-state index >= 15 is 0 Å². The second-order valence-corrected chi connectivity index (χ2v) is 5.69. The van der Waals surface area contributed by atoms with Gasteiger partial charge in [-0.25, -0.2) is 0 Å². The molecule has 1 unspecified atom stereocenters. The second kappa shape index (κ2) is 4.60. The summed E-state index contributed by atoms with van der Waals surface area (Å²) < 4.78 is 0. The highest BCUT2D eigenvalue weighted by Crippen LogP contribution is 2.45. The number of hydrogen-bond donors (Lipinski definition) is 1. The van der Waals surface area contributed by atoms with Gasteiger partial charge in [0.25, 0.3) is 0 Å². The molecule has 1 N–H and O–H groups in total. The first-order chi connectivity index (χ1) is 8.47. The van der Waals surface area contributed by atoms with E-state index in [0.717, 1.165) is 0 Å². The largest absolute Gasteiger partial charge is 0.350 e. The average molecular weight is 249 g/mol. The first-order valence-electron chi connectivity index (χ1n) is 6.43. The van der Waals surface area contributed by atoms with Crippen LogP contribution in [-0.4, -0.2) is 36.3 Å². The minimum Gasteiger partial charge on any atom is -0.350 e. The number of amides is 2. The SMILES string of the molecule is CC1CC(C#N)(C(=O)NC2CCC(=O)N(C)C2)C1. The molecule has 98 valence electrons. The zero-order valence-corrected chi connectivity index (χ0v) is 10.9. The Kier molecular flexibility index (Phi) is 3.29. The fourth-order valence-corrected chi connectivity index (χ4v) is 2.91. The Morgan fingerprint density at radius 1 is 1.56 bits per heavy atom. The summed E-state index contributed by atoms with van der Waals surface area (Å²) in [4.78, 5) is 25.1. The summed E-state index contributed by atoms with van der Waals surface area (Å²) in [5.41, 5.74) is -0.820. The minimum atomic E-state index is -0.820. The molecule has 2 amide bonds. The predicted molar refractivity (Wildman–Crippen MR) is 65.2 cm³/mol. The molecule has 1 atom stereocenters. The van der Waals surface area contributed by atoms with Crippen LogP contribution >= 0.6 is 0 Å². The summed E-state index contributed by atoms with van der Waals surface area (Å²) in [6.07, 6.45) is 2.44. The zero-order chi connectivity index (χ0) is 13.3. The third-order valence-electron chi connectivity index (χ3n) is 4.00. The Bertz CT molecular complexity index is 407. The lowest BCUT2D eigenvalue weighted by Crippen LogP contribution is -2.55. The summed E-state index contributed by atoms with van der Waals surface area (Å²) >= 11 is 0. The molecule has 18 heavy (non-hydrogen) atoms. The van der Waals surface area contributed by atoms with Crippen LogP contribution in [0, 0.1) is 22.7 Å². The Morgan fingerprint density at radius 3 is 2.72 bits per heavy atom. The molecule has 0 aromatic rings. The third-order valence-corrected chi connectivity index (χ3v) is 4.00. The molecule has 1 saturated heterocycles. The first kappa shape index (κ1) is 12.9. The van der Waals surface area contributed by atoms with Crippen molar-refractivity contribution in [2.45, 2.75) is 38.6 Å². The smallest absolute Gasteiger partial charge is 0.240 e. The molecule has 1 heterocycles. The average Bonchev–Trinajstić information content (AvgIpc) is 2.29. The van der Waals surface area contributed by atoms with Crippen LogP contribution in [0.1, 0.15) is 32.6 Å². The van der Waals surface area contributed by atoms with Crippen molar-refractivity contribution in [2.75, 3.05) is 13.6 Å². The van der Waals surface area contributed by atoms with E-state index in [2.05, 4.69) is 18.3 Å². The van der Waals surface area contributed by atoms with Crippen LogP contribution in [0.2, 0.25) is 0 Å². The molecule has 0 radical (unpaired) electrons. The number of nitrogens with zero attached hydrogens (tertiary/aromatic N) is 2. The van der Waals surface area contributed by atoms with Gasteiger partial charge in [-0.1, -0.05) is 6.92 Å². The number of carbonyl (C=O) groups excluding carboxylic acids is 2. The standard InChI is InChI=1S/C13H19N3O2/c1-9-5-13(6-9,8-14)12(18)15-10-3-4-11(17)16(2)7-10/h9-10H,3-7H2,1-2H3,(H,15,18). The van der Waals surface area contributed by atoms with Gasteiger partial charge in [-0.15, -0.1) is 0 Å². The van der Waals surface area contributed by atoms with Crippen molar-refractivity contribution in [1.29, 1.82) is 5.26 Å². The number of likely N-dealkylation sites (N-methyl/N-ethyl adjacent to an activating group) is 1. The van der Waals surface area contributed by atoms with Gasteiger partial charge in [0.15, 0.2) is 0 Å².